The quantitative estimate of drug-likeness (QED) is 0.594. The molecule has 25 heavy (non-hydrogen) atoms. The number of ether oxygens (including phenoxy) is 1. The van der Waals surface area contributed by atoms with Crippen LogP contribution in [-0.4, -0.2) is 27.4 Å². The van der Waals surface area contributed by atoms with Gasteiger partial charge in [0.2, 0.25) is 0 Å². The molecule has 0 amide bonds. The number of carbonyl (C=O) groups is 1. The number of aromatic nitrogens is 2. The number of halogens is 1. The number of aromatic hydroxyl groups is 1. The molecular weight excluding hydrogens is 404 g/mol. The Hall–Kier alpha value is -1.99. The number of pyridine rings is 1. The predicted molar refractivity (Wildman–Crippen MR) is 102 cm³/mol. The van der Waals surface area contributed by atoms with E-state index in [1.165, 1.54) is 4.57 Å². The van der Waals surface area contributed by atoms with Crippen molar-refractivity contribution < 1.29 is 14.6 Å². The lowest BCUT2D eigenvalue weighted by molar-refractivity contribution is 0.154. The molecule has 0 bridgehead atoms. The molecule has 5 nitrogen and oxygen atoms in total. The van der Waals surface area contributed by atoms with Crippen LogP contribution in [0, 0.1) is 6.92 Å². The van der Waals surface area contributed by atoms with Crippen LogP contribution >= 0.6 is 27.7 Å². The first-order valence-corrected chi connectivity index (χ1v) is 9.54. The van der Waals surface area contributed by atoms with Crippen LogP contribution in [0.3, 0.4) is 0 Å². The summed E-state index contributed by atoms with van der Waals surface area (Å²) in [5.41, 5.74) is 2.45. The molecule has 2 aromatic heterocycles. The molecule has 3 aromatic rings. The van der Waals surface area contributed by atoms with E-state index < -0.39 is 6.09 Å². The Morgan fingerprint density at radius 1 is 1.40 bits per heavy atom. The van der Waals surface area contributed by atoms with E-state index in [9.17, 15) is 9.90 Å². The highest BCUT2D eigenvalue weighted by molar-refractivity contribution is 9.10. The molecule has 0 saturated carbocycles. The summed E-state index contributed by atoms with van der Waals surface area (Å²) < 4.78 is 7.35. The van der Waals surface area contributed by atoms with Crippen molar-refractivity contribution >= 4 is 44.7 Å². The van der Waals surface area contributed by atoms with Crippen molar-refractivity contribution in [3.63, 3.8) is 0 Å². The maximum atomic E-state index is 12.5. The normalized spacial score (nSPS) is 11.0. The van der Waals surface area contributed by atoms with E-state index in [0.717, 1.165) is 21.7 Å². The zero-order valence-corrected chi connectivity index (χ0v) is 16.2. The number of phenols is 1. The summed E-state index contributed by atoms with van der Waals surface area (Å²) in [4.78, 5) is 16.8. The molecule has 3 rings (SSSR count). The number of hydrogen-bond donors (Lipinski definition) is 1. The molecule has 1 N–H and O–H groups in total. The maximum absolute atomic E-state index is 12.5. The molecule has 0 saturated heterocycles. The van der Waals surface area contributed by atoms with Gasteiger partial charge in [-0.25, -0.2) is 14.3 Å². The van der Waals surface area contributed by atoms with Gasteiger partial charge in [0.05, 0.1) is 21.6 Å². The number of benzene rings is 1. The van der Waals surface area contributed by atoms with Gasteiger partial charge in [-0.2, -0.15) is 0 Å². The average Bonchev–Trinajstić information content (AvgIpc) is 2.86. The van der Waals surface area contributed by atoms with Crippen LogP contribution in [0.1, 0.15) is 18.2 Å². The highest BCUT2D eigenvalue weighted by Crippen LogP contribution is 2.36. The summed E-state index contributed by atoms with van der Waals surface area (Å²) in [6, 6.07) is 9.13. The van der Waals surface area contributed by atoms with Crippen molar-refractivity contribution in [1.29, 1.82) is 0 Å². The summed E-state index contributed by atoms with van der Waals surface area (Å²) in [7, 11) is 0. The molecule has 0 aliphatic carbocycles. The zero-order chi connectivity index (χ0) is 18.0. The molecule has 0 aliphatic rings. The Morgan fingerprint density at radius 3 is 2.88 bits per heavy atom. The van der Waals surface area contributed by atoms with Gasteiger partial charge in [-0.3, -0.25) is 0 Å². The zero-order valence-electron chi connectivity index (χ0n) is 13.8. The summed E-state index contributed by atoms with van der Waals surface area (Å²) >= 11 is 4.88. The second-order valence-corrected chi connectivity index (χ2v) is 7.23. The van der Waals surface area contributed by atoms with Gasteiger partial charge in [0.25, 0.3) is 0 Å². The van der Waals surface area contributed by atoms with E-state index in [1.54, 1.807) is 30.9 Å². The van der Waals surface area contributed by atoms with Crippen molar-refractivity contribution in [2.45, 2.75) is 24.6 Å². The van der Waals surface area contributed by atoms with E-state index in [2.05, 4.69) is 20.9 Å². The summed E-state index contributed by atoms with van der Waals surface area (Å²) in [6.07, 6.45) is 1.30. The number of thioether (sulfide) groups is 1. The second-order valence-electron chi connectivity index (χ2n) is 5.38. The van der Waals surface area contributed by atoms with Crippen molar-refractivity contribution in [2.24, 2.45) is 0 Å². The number of rotatable bonds is 4. The van der Waals surface area contributed by atoms with E-state index >= 15 is 0 Å². The fourth-order valence-electron chi connectivity index (χ4n) is 2.65. The molecule has 0 aliphatic heterocycles. The summed E-state index contributed by atoms with van der Waals surface area (Å²) in [5.74, 6) is 0.647. The number of hydrogen-bond acceptors (Lipinski definition) is 5. The third-order valence-electron chi connectivity index (χ3n) is 3.86. The highest BCUT2D eigenvalue weighted by Gasteiger charge is 2.21. The first-order valence-electron chi connectivity index (χ1n) is 7.76. The Labute approximate surface area is 158 Å². The van der Waals surface area contributed by atoms with Crippen LogP contribution in [0.5, 0.6) is 5.75 Å². The van der Waals surface area contributed by atoms with Crippen LogP contribution in [0.2, 0.25) is 0 Å². The topological polar surface area (TPSA) is 64.4 Å². The van der Waals surface area contributed by atoms with E-state index in [-0.39, 0.29) is 12.4 Å². The Balaban J connectivity index is 2.10. The molecule has 0 unspecified atom stereocenters. The standard InChI is InChI=1S/C18H17BrN2O3S/c1-3-24-18(23)21-14-9-16(22)13(19)8-12(14)11(2)15(21)10-25-17-6-4-5-7-20-17/h4-9,22H,3,10H2,1-2H3. The first kappa shape index (κ1) is 17.8. The van der Waals surface area contributed by atoms with Gasteiger partial charge in [0, 0.05) is 29.1 Å². The molecule has 1 aromatic carbocycles. The van der Waals surface area contributed by atoms with Gasteiger partial charge in [-0.15, -0.1) is 11.8 Å². The van der Waals surface area contributed by atoms with Gasteiger partial charge in [-0.1, -0.05) is 6.07 Å². The van der Waals surface area contributed by atoms with Crippen LogP contribution in [-0.2, 0) is 10.5 Å². The van der Waals surface area contributed by atoms with Gasteiger partial charge in [0.1, 0.15) is 5.75 Å². The van der Waals surface area contributed by atoms with Gasteiger partial charge in [-0.05, 0) is 53.5 Å². The van der Waals surface area contributed by atoms with Gasteiger partial charge < -0.3 is 9.84 Å². The fraction of sp³-hybridized carbons (Fsp3) is 0.222. The molecule has 7 heteroatoms. The largest absolute Gasteiger partial charge is 0.507 e. The molecule has 2 heterocycles. The lowest BCUT2D eigenvalue weighted by Gasteiger charge is -2.10. The number of carbonyl (C=O) groups excluding carboxylic acids is 1. The molecule has 0 fully saturated rings. The average molecular weight is 421 g/mol. The summed E-state index contributed by atoms with van der Waals surface area (Å²) in [6.45, 7) is 4.02. The minimum absolute atomic E-state index is 0.0828. The van der Waals surface area contributed by atoms with Gasteiger partial charge in [0.15, 0.2) is 0 Å². The smallest absolute Gasteiger partial charge is 0.418 e. The minimum atomic E-state index is -0.445. The Bertz CT molecular complexity index is 925. The van der Waals surface area contributed by atoms with Crippen LogP contribution < -0.4 is 0 Å². The lowest BCUT2D eigenvalue weighted by Crippen LogP contribution is -2.16. The van der Waals surface area contributed by atoms with Gasteiger partial charge >= 0.3 is 6.09 Å². The number of phenolic OH excluding ortho intramolecular Hbond substituents is 1. The van der Waals surface area contributed by atoms with Crippen LogP contribution in [0.25, 0.3) is 10.9 Å². The molecular formula is C18H17BrN2O3S. The predicted octanol–water partition coefficient (Wildman–Crippen LogP) is 5.11. The van der Waals surface area contributed by atoms with Crippen molar-refractivity contribution in [1.82, 2.24) is 9.55 Å². The summed E-state index contributed by atoms with van der Waals surface area (Å²) in [5, 5.41) is 11.8. The van der Waals surface area contributed by atoms with E-state index in [0.29, 0.717) is 15.7 Å². The van der Waals surface area contributed by atoms with E-state index in [4.69, 9.17) is 4.74 Å². The van der Waals surface area contributed by atoms with Crippen molar-refractivity contribution in [2.75, 3.05) is 6.61 Å². The minimum Gasteiger partial charge on any atom is -0.507 e. The number of nitrogens with zero attached hydrogens (tertiary/aromatic N) is 2. The molecule has 0 radical (unpaired) electrons. The van der Waals surface area contributed by atoms with Crippen LogP contribution in [0.4, 0.5) is 4.79 Å². The monoisotopic (exact) mass is 420 g/mol. The maximum Gasteiger partial charge on any atom is 0.418 e. The third-order valence-corrected chi connectivity index (χ3v) is 5.45. The highest BCUT2D eigenvalue weighted by atomic mass is 79.9. The molecule has 0 atom stereocenters. The first-order chi connectivity index (χ1) is 12.0. The Kier molecular flexibility index (Phi) is 5.34. The van der Waals surface area contributed by atoms with Crippen molar-refractivity contribution in [3.05, 3.63) is 52.3 Å². The van der Waals surface area contributed by atoms with Crippen LogP contribution in [0.15, 0.2) is 46.0 Å². The molecule has 130 valence electrons. The fourth-order valence-corrected chi connectivity index (χ4v) is 3.93. The number of fused-ring (bicyclic) bond motifs is 1. The Morgan fingerprint density at radius 2 is 2.20 bits per heavy atom. The number of aryl methyl sites for hydroxylation is 1. The third kappa shape index (κ3) is 3.52. The van der Waals surface area contributed by atoms with Crippen molar-refractivity contribution in [3.8, 4) is 5.75 Å². The lowest BCUT2D eigenvalue weighted by atomic mass is 10.1. The molecule has 0 spiro atoms. The van der Waals surface area contributed by atoms with E-state index in [1.807, 2.05) is 31.2 Å². The second kappa shape index (κ2) is 7.49. The SMILES string of the molecule is CCOC(=O)n1c(CSc2ccccn2)c(C)c2cc(Br)c(O)cc21.